The van der Waals surface area contributed by atoms with E-state index < -0.39 is 0 Å². The van der Waals surface area contributed by atoms with E-state index in [1.165, 1.54) is 0 Å². The molecule has 0 atom stereocenters. The van der Waals surface area contributed by atoms with Crippen LogP contribution in [0.25, 0.3) is 0 Å². The van der Waals surface area contributed by atoms with Gasteiger partial charge >= 0.3 is 4.87 Å². The van der Waals surface area contributed by atoms with Gasteiger partial charge in [0.25, 0.3) is 5.91 Å². The fraction of sp³-hybridized carbons (Fsp3) is 0. The lowest BCUT2D eigenvalue weighted by Crippen LogP contribution is -2.11. The van der Waals surface area contributed by atoms with E-state index in [2.05, 4.69) is 15.5 Å². The number of rotatable bonds is 2. The SMILES string of the molecule is O=C(Nc1ccccc1)c1n[nH]c(=O)s1. The third-order valence-corrected chi connectivity index (χ3v) is 2.41. The minimum absolute atomic E-state index is 0.129. The highest BCUT2D eigenvalue weighted by atomic mass is 32.1. The first kappa shape index (κ1) is 9.60. The molecule has 0 radical (unpaired) electrons. The molecule has 2 aromatic rings. The van der Waals surface area contributed by atoms with Crippen LogP contribution in [0.3, 0.4) is 0 Å². The molecule has 0 saturated carbocycles. The molecule has 0 bridgehead atoms. The Morgan fingerprint density at radius 2 is 2.07 bits per heavy atom. The molecule has 1 aromatic heterocycles. The van der Waals surface area contributed by atoms with Crippen molar-refractivity contribution in [3.8, 4) is 0 Å². The number of para-hydroxylation sites is 1. The molecule has 2 rings (SSSR count). The summed E-state index contributed by atoms with van der Waals surface area (Å²) in [7, 11) is 0. The first-order valence-corrected chi connectivity index (χ1v) is 4.99. The summed E-state index contributed by atoms with van der Waals surface area (Å²) in [6.07, 6.45) is 0. The highest BCUT2D eigenvalue weighted by molar-refractivity contribution is 7.11. The molecule has 0 spiro atoms. The lowest BCUT2D eigenvalue weighted by Gasteiger charge is -2.00. The Labute approximate surface area is 88.8 Å². The van der Waals surface area contributed by atoms with Crippen molar-refractivity contribution in [3.63, 3.8) is 0 Å². The van der Waals surface area contributed by atoms with Gasteiger partial charge in [0.15, 0.2) is 0 Å². The van der Waals surface area contributed by atoms with Gasteiger partial charge < -0.3 is 5.32 Å². The van der Waals surface area contributed by atoms with E-state index in [0.717, 1.165) is 11.3 Å². The summed E-state index contributed by atoms with van der Waals surface area (Å²) in [4.78, 5) is 21.9. The third kappa shape index (κ3) is 2.29. The first-order chi connectivity index (χ1) is 7.25. The van der Waals surface area contributed by atoms with Crippen LogP contribution in [0, 0.1) is 0 Å². The largest absolute Gasteiger partial charge is 0.322 e. The summed E-state index contributed by atoms with van der Waals surface area (Å²) in [5.74, 6) is -0.385. The molecule has 6 heteroatoms. The van der Waals surface area contributed by atoms with Gasteiger partial charge in [-0.05, 0) is 23.5 Å². The summed E-state index contributed by atoms with van der Waals surface area (Å²) in [6, 6.07) is 8.98. The Kier molecular flexibility index (Phi) is 2.59. The van der Waals surface area contributed by atoms with E-state index in [1.54, 1.807) is 12.1 Å². The zero-order chi connectivity index (χ0) is 10.7. The van der Waals surface area contributed by atoms with Gasteiger partial charge in [0, 0.05) is 5.69 Å². The Balaban J connectivity index is 2.14. The van der Waals surface area contributed by atoms with Crippen molar-refractivity contribution in [3.05, 3.63) is 45.0 Å². The van der Waals surface area contributed by atoms with Crippen LogP contribution in [0.5, 0.6) is 0 Å². The van der Waals surface area contributed by atoms with E-state index in [1.807, 2.05) is 18.2 Å². The zero-order valence-electron chi connectivity index (χ0n) is 7.56. The molecule has 1 amide bonds. The molecular formula is C9H7N3O2S. The van der Waals surface area contributed by atoms with Crippen LogP contribution < -0.4 is 10.2 Å². The van der Waals surface area contributed by atoms with Crippen molar-refractivity contribution >= 4 is 22.9 Å². The Morgan fingerprint density at radius 3 is 2.67 bits per heavy atom. The van der Waals surface area contributed by atoms with Gasteiger partial charge in [0.2, 0.25) is 5.01 Å². The fourth-order valence-electron chi connectivity index (χ4n) is 1.03. The number of H-pyrrole nitrogens is 1. The maximum Gasteiger partial charge on any atom is 0.322 e. The monoisotopic (exact) mass is 221 g/mol. The van der Waals surface area contributed by atoms with Crippen LogP contribution in [0.1, 0.15) is 9.80 Å². The average Bonchev–Trinajstić information content (AvgIpc) is 2.66. The predicted octanol–water partition coefficient (Wildman–Crippen LogP) is 1.08. The number of carbonyl (C=O) groups excluding carboxylic acids is 1. The Morgan fingerprint density at radius 1 is 1.33 bits per heavy atom. The summed E-state index contributed by atoms with van der Waals surface area (Å²) in [5.41, 5.74) is 0.671. The summed E-state index contributed by atoms with van der Waals surface area (Å²) in [5, 5.41) is 8.52. The van der Waals surface area contributed by atoms with Crippen molar-refractivity contribution in [1.29, 1.82) is 0 Å². The molecule has 1 heterocycles. The van der Waals surface area contributed by atoms with Crippen molar-refractivity contribution < 1.29 is 4.79 Å². The molecule has 76 valence electrons. The molecule has 0 saturated heterocycles. The summed E-state index contributed by atoms with van der Waals surface area (Å²) < 4.78 is 0. The number of aromatic amines is 1. The van der Waals surface area contributed by atoms with E-state index >= 15 is 0 Å². The molecule has 15 heavy (non-hydrogen) atoms. The number of hydrogen-bond acceptors (Lipinski definition) is 4. The molecule has 0 unspecified atom stereocenters. The first-order valence-electron chi connectivity index (χ1n) is 4.17. The number of nitrogens with one attached hydrogen (secondary N) is 2. The number of benzene rings is 1. The van der Waals surface area contributed by atoms with Gasteiger partial charge in [0.1, 0.15) is 0 Å². The van der Waals surface area contributed by atoms with Crippen LogP contribution in [-0.4, -0.2) is 16.1 Å². The van der Waals surface area contributed by atoms with E-state index in [4.69, 9.17) is 0 Å². The second kappa shape index (κ2) is 4.05. The van der Waals surface area contributed by atoms with Crippen LogP contribution in [0.2, 0.25) is 0 Å². The van der Waals surface area contributed by atoms with E-state index in [9.17, 15) is 9.59 Å². The normalized spacial score (nSPS) is 9.87. The minimum Gasteiger partial charge on any atom is -0.320 e. The van der Waals surface area contributed by atoms with Crippen molar-refractivity contribution in [1.82, 2.24) is 10.2 Å². The predicted molar refractivity (Wildman–Crippen MR) is 57.1 cm³/mol. The Hall–Kier alpha value is -1.95. The number of nitrogens with zero attached hydrogens (tertiary/aromatic N) is 1. The number of carbonyl (C=O) groups is 1. The third-order valence-electron chi connectivity index (χ3n) is 1.66. The van der Waals surface area contributed by atoms with Gasteiger partial charge in [0.05, 0.1) is 0 Å². The highest BCUT2D eigenvalue weighted by Crippen LogP contribution is 2.07. The van der Waals surface area contributed by atoms with Crippen LogP contribution >= 0.6 is 11.3 Å². The van der Waals surface area contributed by atoms with Gasteiger partial charge in [-0.25, -0.2) is 5.10 Å². The molecule has 5 nitrogen and oxygen atoms in total. The summed E-state index contributed by atoms with van der Waals surface area (Å²) in [6.45, 7) is 0. The van der Waals surface area contributed by atoms with Gasteiger partial charge in [-0.3, -0.25) is 9.59 Å². The zero-order valence-corrected chi connectivity index (χ0v) is 8.38. The minimum atomic E-state index is -0.385. The quantitative estimate of drug-likeness (QED) is 0.796. The average molecular weight is 221 g/mol. The van der Waals surface area contributed by atoms with Gasteiger partial charge in [-0.15, -0.1) is 0 Å². The van der Waals surface area contributed by atoms with Crippen LogP contribution in [0.4, 0.5) is 5.69 Å². The van der Waals surface area contributed by atoms with Crippen LogP contribution in [-0.2, 0) is 0 Å². The van der Waals surface area contributed by atoms with Crippen molar-refractivity contribution in [2.75, 3.05) is 5.32 Å². The molecule has 2 N–H and O–H groups in total. The van der Waals surface area contributed by atoms with Crippen LogP contribution in [0.15, 0.2) is 35.1 Å². The number of aromatic nitrogens is 2. The fourth-order valence-corrected chi connectivity index (χ4v) is 1.53. The second-order valence-electron chi connectivity index (χ2n) is 2.74. The molecule has 1 aromatic carbocycles. The molecule has 0 aliphatic heterocycles. The second-order valence-corrected chi connectivity index (χ2v) is 3.70. The smallest absolute Gasteiger partial charge is 0.320 e. The number of amides is 1. The molecular weight excluding hydrogens is 214 g/mol. The van der Waals surface area contributed by atoms with E-state index in [0.29, 0.717) is 5.69 Å². The lowest BCUT2D eigenvalue weighted by molar-refractivity contribution is 0.102. The Bertz CT molecular complexity index is 517. The molecule has 0 fully saturated rings. The number of anilines is 1. The van der Waals surface area contributed by atoms with E-state index in [-0.39, 0.29) is 15.8 Å². The maximum absolute atomic E-state index is 11.5. The van der Waals surface area contributed by atoms with Crippen molar-refractivity contribution in [2.24, 2.45) is 0 Å². The maximum atomic E-state index is 11.5. The lowest BCUT2D eigenvalue weighted by atomic mass is 10.3. The molecule has 0 aliphatic carbocycles. The number of hydrogen-bond donors (Lipinski definition) is 2. The summed E-state index contributed by atoms with van der Waals surface area (Å²) >= 11 is 0.781. The van der Waals surface area contributed by atoms with Crippen molar-refractivity contribution in [2.45, 2.75) is 0 Å². The standard InChI is InChI=1S/C9H7N3O2S/c13-7(8-11-12-9(14)15-8)10-6-4-2-1-3-5-6/h1-5H,(H,10,13)(H,12,14). The molecule has 0 aliphatic rings. The highest BCUT2D eigenvalue weighted by Gasteiger charge is 2.10. The topological polar surface area (TPSA) is 74.8 Å². The van der Waals surface area contributed by atoms with Gasteiger partial charge in [-0.1, -0.05) is 18.2 Å². The van der Waals surface area contributed by atoms with Gasteiger partial charge in [-0.2, -0.15) is 5.10 Å².